The second-order valence-corrected chi connectivity index (χ2v) is 8.49. The number of hydrogen-bond acceptors (Lipinski definition) is 6. The van der Waals surface area contributed by atoms with E-state index in [2.05, 4.69) is 15.5 Å². The van der Waals surface area contributed by atoms with Crippen LogP contribution in [0, 0.1) is 0 Å². The molecule has 0 spiro atoms. The highest BCUT2D eigenvalue weighted by molar-refractivity contribution is 6.19. The smallest absolute Gasteiger partial charge is 0.357 e. The molecule has 8 nitrogen and oxygen atoms in total. The van der Waals surface area contributed by atoms with Crippen LogP contribution < -0.4 is 5.32 Å². The fourth-order valence-electron chi connectivity index (χ4n) is 4.28. The molecule has 0 saturated heterocycles. The minimum Gasteiger partial charge on any atom is -0.357 e. The number of amides is 3. The second-order valence-electron chi connectivity index (χ2n) is 8.49. The number of nitrogens with one attached hydrogen (secondary N) is 1. The number of aromatic nitrogens is 2. The van der Waals surface area contributed by atoms with Gasteiger partial charge in [0.15, 0.2) is 5.82 Å². The number of carbonyl (C=O) groups is 3. The third-order valence-corrected chi connectivity index (χ3v) is 6.02. The Labute approximate surface area is 192 Å². The van der Waals surface area contributed by atoms with Gasteiger partial charge in [0.2, 0.25) is 5.91 Å². The van der Waals surface area contributed by atoms with Crippen LogP contribution in [0.15, 0.2) is 47.7 Å². The lowest BCUT2D eigenvalue weighted by atomic mass is 10.0. The van der Waals surface area contributed by atoms with Crippen LogP contribution in [0.25, 0.3) is 11.3 Å². The van der Waals surface area contributed by atoms with Gasteiger partial charge in [-0.25, -0.2) is 0 Å². The zero-order valence-electron chi connectivity index (χ0n) is 17.9. The Bertz CT molecular complexity index is 1210. The Morgan fingerprint density at radius 1 is 1.09 bits per heavy atom. The summed E-state index contributed by atoms with van der Waals surface area (Å²) in [7, 11) is 0. The number of benzene rings is 1. The van der Waals surface area contributed by atoms with Gasteiger partial charge < -0.3 is 10.2 Å². The summed E-state index contributed by atoms with van der Waals surface area (Å²) >= 11 is 0. The summed E-state index contributed by atoms with van der Waals surface area (Å²) in [5, 5.41) is 10.4. The summed E-state index contributed by atoms with van der Waals surface area (Å²) in [4.78, 5) is 41.0. The van der Waals surface area contributed by atoms with Crippen molar-refractivity contribution in [3.05, 3.63) is 53.2 Å². The maximum absolute atomic E-state index is 12.9. The molecular formula is C23H20F3N5O3. The topological polar surface area (TPSA) is 95.5 Å². The molecule has 176 valence electrons. The van der Waals surface area contributed by atoms with Crippen LogP contribution in [0.1, 0.15) is 31.2 Å². The molecule has 0 atom stereocenters. The fourth-order valence-corrected chi connectivity index (χ4v) is 4.28. The Morgan fingerprint density at radius 2 is 1.88 bits per heavy atom. The summed E-state index contributed by atoms with van der Waals surface area (Å²) < 4.78 is 38.8. The van der Waals surface area contributed by atoms with Crippen LogP contribution in [0.5, 0.6) is 0 Å². The molecule has 1 aromatic carbocycles. The first-order chi connectivity index (χ1) is 16.2. The van der Waals surface area contributed by atoms with E-state index in [-0.39, 0.29) is 41.5 Å². The highest BCUT2D eigenvalue weighted by Gasteiger charge is 2.48. The Hall–Kier alpha value is -3.76. The molecule has 0 bridgehead atoms. The van der Waals surface area contributed by atoms with E-state index < -0.39 is 17.6 Å². The number of rotatable bonds is 5. The summed E-state index contributed by atoms with van der Waals surface area (Å²) in [6, 6.07) is 7.61. The summed E-state index contributed by atoms with van der Waals surface area (Å²) in [6.45, 7) is 0.345. The molecule has 1 N–H and O–H groups in total. The van der Waals surface area contributed by atoms with E-state index in [4.69, 9.17) is 0 Å². The van der Waals surface area contributed by atoms with Crippen LogP contribution in [0.4, 0.5) is 19.0 Å². The fraction of sp³-hybridized carbons (Fsp3) is 0.348. The summed E-state index contributed by atoms with van der Waals surface area (Å²) in [5.41, 5.74) is 0.466. The maximum atomic E-state index is 12.9. The average molecular weight is 471 g/mol. The molecule has 3 aliphatic rings. The number of nitrogens with zero attached hydrogens (tertiary/aromatic N) is 4. The van der Waals surface area contributed by atoms with Crippen molar-refractivity contribution in [3.63, 3.8) is 0 Å². The molecule has 3 heterocycles. The highest BCUT2D eigenvalue weighted by Crippen LogP contribution is 2.38. The van der Waals surface area contributed by atoms with E-state index >= 15 is 0 Å². The van der Waals surface area contributed by atoms with Crippen LogP contribution in [0.2, 0.25) is 0 Å². The molecule has 5 rings (SSSR count). The van der Waals surface area contributed by atoms with Gasteiger partial charge in [0.05, 0.1) is 17.8 Å². The first-order valence-electron chi connectivity index (χ1n) is 10.9. The van der Waals surface area contributed by atoms with Crippen LogP contribution >= 0.6 is 0 Å². The minimum absolute atomic E-state index is 0.0353. The lowest BCUT2D eigenvalue weighted by Crippen LogP contribution is -2.40. The van der Waals surface area contributed by atoms with E-state index in [0.29, 0.717) is 30.7 Å². The van der Waals surface area contributed by atoms with Crippen molar-refractivity contribution in [1.29, 1.82) is 0 Å². The van der Waals surface area contributed by atoms with Crippen molar-refractivity contribution in [2.45, 2.75) is 37.9 Å². The van der Waals surface area contributed by atoms with Crippen molar-refractivity contribution in [2.24, 2.45) is 0 Å². The standard InChI is InChI=1S/C23H20F3N5O3/c24-23(25,26)14-4-1-3-13(11-14)17-8-9-18(29-28-17)27-19(32)12-30-10-2-5-16-20(30)22(34)31(21(16)33)15-6-7-15/h1,3-4,8-9,11,15H,2,5-7,10,12H2,(H,27,29,32). The number of halogens is 3. The number of alkyl halides is 3. The van der Waals surface area contributed by atoms with E-state index in [0.717, 1.165) is 25.0 Å². The molecule has 3 amide bonds. The second kappa shape index (κ2) is 8.23. The first kappa shape index (κ1) is 22.1. The number of anilines is 1. The van der Waals surface area contributed by atoms with Crippen LogP contribution in [-0.4, -0.2) is 56.9 Å². The predicted octanol–water partition coefficient (Wildman–Crippen LogP) is 2.98. The molecular weight excluding hydrogens is 451 g/mol. The van der Waals surface area contributed by atoms with Gasteiger partial charge in [0, 0.05) is 23.7 Å². The SMILES string of the molecule is O=C(CN1CCCC2=C1C(=O)N(C1CC1)C2=O)Nc1ccc(-c2cccc(C(F)(F)F)c2)nn1. The van der Waals surface area contributed by atoms with Crippen molar-refractivity contribution < 1.29 is 27.6 Å². The first-order valence-corrected chi connectivity index (χ1v) is 10.9. The van der Waals surface area contributed by atoms with Gasteiger partial charge in [0.1, 0.15) is 5.70 Å². The molecule has 1 fully saturated rings. The molecule has 0 unspecified atom stereocenters. The molecule has 1 aliphatic carbocycles. The van der Waals surface area contributed by atoms with Gasteiger partial charge in [0.25, 0.3) is 11.8 Å². The maximum Gasteiger partial charge on any atom is 0.416 e. The normalized spacial score (nSPS) is 18.4. The molecule has 1 saturated carbocycles. The van der Waals surface area contributed by atoms with E-state index in [1.165, 1.54) is 29.2 Å². The van der Waals surface area contributed by atoms with Crippen molar-refractivity contribution in [1.82, 2.24) is 20.0 Å². The van der Waals surface area contributed by atoms with Crippen molar-refractivity contribution in [2.75, 3.05) is 18.4 Å². The molecule has 1 aromatic heterocycles. The summed E-state index contributed by atoms with van der Waals surface area (Å²) in [5.74, 6) is -0.899. The third kappa shape index (κ3) is 4.13. The Morgan fingerprint density at radius 3 is 2.56 bits per heavy atom. The number of carbonyl (C=O) groups excluding carboxylic acids is 3. The van der Waals surface area contributed by atoms with Crippen LogP contribution in [-0.2, 0) is 20.6 Å². The average Bonchev–Trinajstić information content (AvgIpc) is 3.60. The van der Waals surface area contributed by atoms with Crippen LogP contribution in [0.3, 0.4) is 0 Å². The third-order valence-electron chi connectivity index (χ3n) is 6.02. The zero-order chi connectivity index (χ0) is 24.0. The van der Waals surface area contributed by atoms with E-state index in [9.17, 15) is 27.6 Å². The summed E-state index contributed by atoms with van der Waals surface area (Å²) in [6.07, 6.45) is -1.66. The molecule has 34 heavy (non-hydrogen) atoms. The highest BCUT2D eigenvalue weighted by atomic mass is 19.4. The van der Waals surface area contributed by atoms with E-state index in [1.807, 2.05) is 0 Å². The van der Waals surface area contributed by atoms with Gasteiger partial charge in [-0.05, 0) is 49.9 Å². The largest absolute Gasteiger partial charge is 0.416 e. The molecule has 2 aromatic rings. The quantitative estimate of drug-likeness (QED) is 0.674. The van der Waals surface area contributed by atoms with Gasteiger partial charge in [-0.1, -0.05) is 12.1 Å². The van der Waals surface area contributed by atoms with Gasteiger partial charge in [-0.3, -0.25) is 19.3 Å². The lowest BCUT2D eigenvalue weighted by molar-refractivity contribution is -0.139. The molecule has 0 radical (unpaired) electrons. The number of imide groups is 1. The van der Waals surface area contributed by atoms with Gasteiger partial charge >= 0.3 is 6.18 Å². The Balaban J connectivity index is 1.26. The minimum atomic E-state index is -4.47. The Kier molecular flexibility index (Phi) is 5.34. The number of hydrogen-bond donors (Lipinski definition) is 1. The van der Waals surface area contributed by atoms with Gasteiger partial charge in [-0.2, -0.15) is 13.2 Å². The van der Waals surface area contributed by atoms with Gasteiger partial charge in [-0.15, -0.1) is 10.2 Å². The molecule has 11 heteroatoms. The molecule has 2 aliphatic heterocycles. The predicted molar refractivity (Wildman–Crippen MR) is 114 cm³/mol. The van der Waals surface area contributed by atoms with Crippen molar-refractivity contribution >= 4 is 23.5 Å². The zero-order valence-corrected chi connectivity index (χ0v) is 17.9. The van der Waals surface area contributed by atoms with E-state index in [1.54, 1.807) is 4.90 Å². The van der Waals surface area contributed by atoms with Crippen molar-refractivity contribution in [3.8, 4) is 11.3 Å². The monoisotopic (exact) mass is 471 g/mol. The lowest BCUT2D eigenvalue weighted by Gasteiger charge is -2.28.